The number of halogens is 3. The van der Waals surface area contributed by atoms with Gasteiger partial charge in [-0.15, -0.1) is 0 Å². The van der Waals surface area contributed by atoms with E-state index in [0.29, 0.717) is 17.9 Å². The van der Waals surface area contributed by atoms with Crippen LogP contribution >= 0.6 is 0 Å². The Morgan fingerprint density at radius 1 is 0.783 bits per heavy atom. The van der Waals surface area contributed by atoms with Crippen LogP contribution in [0.4, 0.5) is 18.0 Å². The van der Waals surface area contributed by atoms with Crippen molar-refractivity contribution in [1.82, 2.24) is 21.3 Å². The number of urea groups is 1. The number of hydrogen-bond acceptors (Lipinski definition) is 7. The van der Waals surface area contributed by atoms with Crippen LogP contribution in [0.5, 0.6) is 5.75 Å². The number of rotatable bonds is 14. The number of hydrogen-bond donors (Lipinski definition) is 4. The summed E-state index contributed by atoms with van der Waals surface area (Å²) in [6, 6.07) is 21.4. The van der Waals surface area contributed by atoms with Gasteiger partial charge in [-0.05, 0) is 40.8 Å². The molecule has 4 N–H and O–H groups in total. The molecule has 0 heterocycles. The van der Waals surface area contributed by atoms with Crippen molar-refractivity contribution in [3.63, 3.8) is 0 Å². The fourth-order valence-corrected chi connectivity index (χ4v) is 4.11. The van der Waals surface area contributed by atoms with E-state index in [0.717, 1.165) is 16.7 Å². The number of benzene rings is 3. The van der Waals surface area contributed by atoms with Gasteiger partial charge >= 0.3 is 24.1 Å². The molecule has 0 spiro atoms. The monoisotopic (exact) mass is 642 g/mol. The molecule has 1 unspecified atom stereocenters. The standard InChI is InChI=1S/C32H33F3N4O7/c1-45-25-15-9-21(10-16-25)19-38-31(44)36-17-5-8-27(40)37-20-28(41)39-26(18-29(42)46-30(43)32(33,34)35)24-13-11-23(12-14-24)22-6-3-2-4-7-22/h2-4,6-7,9-16,26H,5,8,17-20H2,1H3,(H,37,40)(H,39,41)(H2,36,38,44). The van der Waals surface area contributed by atoms with E-state index in [2.05, 4.69) is 26.0 Å². The van der Waals surface area contributed by atoms with Gasteiger partial charge in [0, 0.05) is 19.5 Å². The van der Waals surface area contributed by atoms with E-state index in [-0.39, 0.29) is 19.4 Å². The van der Waals surface area contributed by atoms with Crippen molar-refractivity contribution in [3.05, 3.63) is 90.0 Å². The average molecular weight is 643 g/mol. The van der Waals surface area contributed by atoms with Crippen molar-refractivity contribution < 1.29 is 46.6 Å². The van der Waals surface area contributed by atoms with Gasteiger partial charge in [0.05, 0.1) is 26.1 Å². The molecular weight excluding hydrogens is 609 g/mol. The molecule has 0 aromatic heterocycles. The Morgan fingerprint density at radius 3 is 2.07 bits per heavy atom. The Morgan fingerprint density at radius 2 is 1.43 bits per heavy atom. The normalized spacial score (nSPS) is 11.5. The first-order chi connectivity index (χ1) is 21.9. The molecular formula is C32H33F3N4O7. The number of carbonyl (C=O) groups is 5. The first-order valence-electron chi connectivity index (χ1n) is 14.1. The van der Waals surface area contributed by atoms with E-state index in [1.807, 2.05) is 42.5 Å². The fourth-order valence-electron chi connectivity index (χ4n) is 4.11. The first kappa shape index (κ1) is 35.1. The topological polar surface area (TPSA) is 152 Å². The lowest BCUT2D eigenvalue weighted by atomic mass is 9.99. The molecule has 0 saturated carbocycles. The SMILES string of the molecule is COc1ccc(CNC(=O)NCCCC(=O)NCC(=O)NC(CC(=O)OC(=O)C(F)(F)F)c2ccc(-c3ccccc3)cc2)cc1. The highest BCUT2D eigenvalue weighted by atomic mass is 19.4. The highest BCUT2D eigenvalue weighted by Crippen LogP contribution is 2.24. The van der Waals surface area contributed by atoms with Crippen molar-refractivity contribution in [3.8, 4) is 16.9 Å². The van der Waals surface area contributed by atoms with Gasteiger partial charge < -0.3 is 30.7 Å². The zero-order chi connectivity index (χ0) is 33.5. The molecule has 0 aliphatic carbocycles. The maximum Gasteiger partial charge on any atom is 0.491 e. The van der Waals surface area contributed by atoms with Crippen molar-refractivity contribution >= 4 is 29.8 Å². The zero-order valence-electron chi connectivity index (χ0n) is 24.8. The van der Waals surface area contributed by atoms with E-state index >= 15 is 0 Å². The predicted octanol–water partition coefficient (Wildman–Crippen LogP) is 3.94. The summed E-state index contributed by atoms with van der Waals surface area (Å²) in [6.07, 6.45) is -5.88. The van der Waals surface area contributed by atoms with Crippen LogP contribution in [-0.4, -0.2) is 56.2 Å². The summed E-state index contributed by atoms with van der Waals surface area (Å²) < 4.78 is 46.7. The summed E-state index contributed by atoms with van der Waals surface area (Å²) in [6.45, 7) is -0.0163. The lowest BCUT2D eigenvalue weighted by Crippen LogP contribution is -2.40. The van der Waals surface area contributed by atoms with Crippen LogP contribution in [-0.2, 0) is 30.5 Å². The molecule has 1 atom stereocenters. The number of amides is 4. The highest BCUT2D eigenvalue weighted by Gasteiger charge is 2.42. The molecule has 0 fully saturated rings. The molecule has 0 aliphatic rings. The Balaban J connectivity index is 1.47. The molecule has 14 heteroatoms. The van der Waals surface area contributed by atoms with Crippen LogP contribution in [0.3, 0.4) is 0 Å². The van der Waals surface area contributed by atoms with E-state index < -0.39 is 55.0 Å². The highest BCUT2D eigenvalue weighted by molar-refractivity contribution is 5.89. The van der Waals surface area contributed by atoms with Crippen LogP contribution in [0.25, 0.3) is 11.1 Å². The zero-order valence-corrected chi connectivity index (χ0v) is 24.8. The van der Waals surface area contributed by atoms with E-state index in [1.165, 1.54) is 0 Å². The molecule has 0 aliphatic heterocycles. The van der Waals surface area contributed by atoms with E-state index in [9.17, 15) is 37.1 Å². The molecule has 4 amide bonds. The molecule has 3 aromatic carbocycles. The van der Waals surface area contributed by atoms with Crippen molar-refractivity contribution in [1.29, 1.82) is 0 Å². The summed E-state index contributed by atoms with van der Waals surface area (Å²) in [4.78, 5) is 60.1. The van der Waals surface area contributed by atoms with Gasteiger partial charge in [0.2, 0.25) is 11.8 Å². The maximum absolute atomic E-state index is 12.6. The molecule has 3 aromatic rings. The molecule has 3 rings (SSSR count). The first-order valence-corrected chi connectivity index (χ1v) is 14.1. The van der Waals surface area contributed by atoms with Gasteiger partial charge in [0.1, 0.15) is 5.75 Å². The summed E-state index contributed by atoms with van der Waals surface area (Å²) in [5.41, 5.74) is 2.91. The van der Waals surface area contributed by atoms with Gasteiger partial charge in [0.25, 0.3) is 0 Å². The largest absolute Gasteiger partial charge is 0.497 e. The number of alkyl halides is 3. The van der Waals surface area contributed by atoms with E-state index in [1.54, 1.807) is 43.5 Å². The van der Waals surface area contributed by atoms with Crippen LogP contribution < -0.4 is 26.0 Å². The number of methoxy groups -OCH3 is 1. The number of ether oxygens (including phenoxy) is 2. The second kappa shape index (κ2) is 17.2. The maximum atomic E-state index is 12.6. The van der Waals surface area contributed by atoms with Crippen molar-refractivity contribution in [2.24, 2.45) is 0 Å². The van der Waals surface area contributed by atoms with Gasteiger partial charge in [0.15, 0.2) is 0 Å². The van der Waals surface area contributed by atoms with Gasteiger partial charge in [-0.1, -0.05) is 66.7 Å². The fraction of sp³-hybridized carbons (Fsp3) is 0.281. The quantitative estimate of drug-likeness (QED) is 0.118. The van der Waals surface area contributed by atoms with E-state index in [4.69, 9.17) is 4.74 Å². The van der Waals surface area contributed by atoms with Gasteiger partial charge in [-0.25, -0.2) is 9.59 Å². The Kier molecular flexibility index (Phi) is 13.1. The lowest BCUT2D eigenvalue weighted by Gasteiger charge is -2.19. The summed E-state index contributed by atoms with van der Waals surface area (Å²) in [7, 11) is 1.55. The smallest absolute Gasteiger partial charge is 0.491 e. The Hall–Kier alpha value is -5.40. The molecule has 11 nitrogen and oxygen atoms in total. The van der Waals surface area contributed by atoms with Crippen LogP contribution in [0, 0.1) is 0 Å². The number of esters is 2. The second-order valence-corrected chi connectivity index (χ2v) is 9.91. The lowest BCUT2D eigenvalue weighted by molar-refractivity contribution is -0.202. The Labute approximate surface area is 262 Å². The average Bonchev–Trinajstić information content (AvgIpc) is 3.04. The summed E-state index contributed by atoms with van der Waals surface area (Å²) in [5.74, 6) is -4.70. The molecule has 0 bridgehead atoms. The van der Waals surface area contributed by atoms with Gasteiger partial charge in [-0.2, -0.15) is 13.2 Å². The molecule has 0 saturated heterocycles. The minimum absolute atomic E-state index is 0.0116. The van der Waals surface area contributed by atoms with Crippen molar-refractivity contribution in [2.75, 3.05) is 20.2 Å². The third-order valence-electron chi connectivity index (χ3n) is 6.49. The minimum Gasteiger partial charge on any atom is -0.497 e. The van der Waals surface area contributed by atoms with Crippen LogP contribution in [0.1, 0.15) is 36.4 Å². The number of nitrogens with one attached hydrogen (secondary N) is 4. The predicted molar refractivity (Wildman–Crippen MR) is 160 cm³/mol. The summed E-state index contributed by atoms with van der Waals surface area (Å²) in [5, 5.41) is 10.2. The van der Waals surface area contributed by atoms with Crippen molar-refractivity contribution in [2.45, 2.75) is 38.0 Å². The molecule has 0 radical (unpaired) electrons. The van der Waals surface area contributed by atoms with Gasteiger partial charge in [-0.3, -0.25) is 14.4 Å². The third-order valence-corrected chi connectivity index (χ3v) is 6.49. The second-order valence-electron chi connectivity index (χ2n) is 9.91. The van der Waals surface area contributed by atoms with Crippen LogP contribution in [0.15, 0.2) is 78.9 Å². The minimum atomic E-state index is -5.37. The number of carbonyl (C=O) groups excluding carboxylic acids is 5. The Bertz CT molecular complexity index is 1480. The molecule has 46 heavy (non-hydrogen) atoms. The third kappa shape index (κ3) is 11.9. The summed E-state index contributed by atoms with van der Waals surface area (Å²) >= 11 is 0. The molecule has 244 valence electrons. The van der Waals surface area contributed by atoms with Crippen LogP contribution in [0.2, 0.25) is 0 Å².